The van der Waals surface area contributed by atoms with E-state index in [0.29, 0.717) is 18.0 Å². The summed E-state index contributed by atoms with van der Waals surface area (Å²) in [6, 6.07) is 1.11. The largest absolute Gasteiger partial charge is 0.326 e. The molecule has 0 spiro atoms. The summed E-state index contributed by atoms with van der Waals surface area (Å²) in [5.41, 5.74) is 6.02. The number of rotatable bonds is 2. The molecular formula is C10H22N2. The van der Waals surface area contributed by atoms with Gasteiger partial charge in [0, 0.05) is 18.6 Å². The third-order valence-electron chi connectivity index (χ3n) is 3.26. The monoisotopic (exact) mass is 170 g/mol. The van der Waals surface area contributed by atoms with Crippen LogP contribution >= 0.6 is 0 Å². The van der Waals surface area contributed by atoms with E-state index in [1.165, 1.54) is 19.4 Å². The summed E-state index contributed by atoms with van der Waals surface area (Å²) in [4.78, 5) is 2.52. The number of hydrogen-bond donors (Lipinski definition) is 1. The van der Waals surface area contributed by atoms with Gasteiger partial charge >= 0.3 is 0 Å². The predicted octanol–water partition coefficient (Wildman–Crippen LogP) is 1.45. The number of nitrogens with zero attached hydrogens (tertiary/aromatic N) is 1. The van der Waals surface area contributed by atoms with E-state index in [1.807, 2.05) is 0 Å². The molecule has 1 aliphatic rings. The highest BCUT2D eigenvalue weighted by Gasteiger charge is 2.24. The lowest BCUT2D eigenvalue weighted by molar-refractivity contribution is 0.126. The van der Waals surface area contributed by atoms with Crippen LogP contribution in [0.3, 0.4) is 0 Å². The number of likely N-dealkylation sites (tertiary alicyclic amines) is 1. The molecule has 1 saturated heterocycles. The maximum atomic E-state index is 6.02. The van der Waals surface area contributed by atoms with Crippen molar-refractivity contribution in [2.24, 2.45) is 11.7 Å². The third-order valence-corrected chi connectivity index (χ3v) is 3.26. The molecule has 0 saturated carbocycles. The van der Waals surface area contributed by atoms with Crippen LogP contribution < -0.4 is 5.73 Å². The van der Waals surface area contributed by atoms with Gasteiger partial charge in [-0.05, 0) is 32.2 Å². The van der Waals surface area contributed by atoms with Gasteiger partial charge in [0.2, 0.25) is 0 Å². The first-order valence-electron chi connectivity index (χ1n) is 5.14. The molecule has 1 rings (SSSR count). The van der Waals surface area contributed by atoms with Gasteiger partial charge in [-0.15, -0.1) is 0 Å². The van der Waals surface area contributed by atoms with Gasteiger partial charge in [-0.3, -0.25) is 4.90 Å². The van der Waals surface area contributed by atoms with Crippen LogP contribution in [0.2, 0.25) is 0 Å². The summed E-state index contributed by atoms with van der Waals surface area (Å²) in [7, 11) is 0. The smallest absolute Gasteiger partial charge is 0.0194 e. The Morgan fingerprint density at radius 2 is 2.25 bits per heavy atom. The van der Waals surface area contributed by atoms with Crippen LogP contribution in [-0.2, 0) is 0 Å². The van der Waals surface area contributed by atoms with Gasteiger partial charge < -0.3 is 5.73 Å². The Balaban J connectivity index is 2.39. The van der Waals surface area contributed by atoms with Gasteiger partial charge in [-0.2, -0.15) is 0 Å². The van der Waals surface area contributed by atoms with Gasteiger partial charge in [0.05, 0.1) is 0 Å². The fourth-order valence-electron chi connectivity index (χ4n) is 1.78. The minimum atomic E-state index is 0.396. The summed E-state index contributed by atoms with van der Waals surface area (Å²) < 4.78 is 0. The average Bonchev–Trinajstić information content (AvgIpc) is 2.08. The molecule has 72 valence electrons. The lowest BCUT2D eigenvalue weighted by Gasteiger charge is -2.38. The fraction of sp³-hybridized carbons (Fsp3) is 1.00. The van der Waals surface area contributed by atoms with E-state index in [9.17, 15) is 0 Å². The van der Waals surface area contributed by atoms with Gasteiger partial charge in [0.15, 0.2) is 0 Å². The molecular weight excluding hydrogens is 148 g/mol. The molecule has 3 atom stereocenters. The molecule has 2 heteroatoms. The van der Waals surface area contributed by atoms with Crippen LogP contribution in [0.5, 0.6) is 0 Å². The van der Waals surface area contributed by atoms with Crippen molar-refractivity contribution in [3.63, 3.8) is 0 Å². The zero-order chi connectivity index (χ0) is 9.14. The van der Waals surface area contributed by atoms with Gasteiger partial charge in [-0.1, -0.05) is 13.8 Å². The fourth-order valence-corrected chi connectivity index (χ4v) is 1.78. The molecule has 1 heterocycles. The number of hydrogen-bond acceptors (Lipinski definition) is 2. The minimum Gasteiger partial charge on any atom is -0.326 e. The standard InChI is InChI=1S/C10H22N2/c1-4-9(3)12-6-5-8(2)10(11)7-12/h8-10H,4-7,11H2,1-3H3. The van der Waals surface area contributed by atoms with E-state index in [0.717, 1.165) is 6.54 Å². The molecule has 0 radical (unpaired) electrons. The quantitative estimate of drug-likeness (QED) is 0.679. The Morgan fingerprint density at radius 1 is 1.58 bits per heavy atom. The second kappa shape index (κ2) is 4.24. The molecule has 3 unspecified atom stereocenters. The van der Waals surface area contributed by atoms with E-state index < -0.39 is 0 Å². The van der Waals surface area contributed by atoms with Crippen molar-refractivity contribution in [1.29, 1.82) is 0 Å². The van der Waals surface area contributed by atoms with Crippen LogP contribution in [0.15, 0.2) is 0 Å². The highest BCUT2D eigenvalue weighted by atomic mass is 15.2. The van der Waals surface area contributed by atoms with Crippen LogP contribution in [-0.4, -0.2) is 30.1 Å². The first-order chi connectivity index (χ1) is 5.65. The van der Waals surface area contributed by atoms with E-state index in [2.05, 4.69) is 25.7 Å². The van der Waals surface area contributed by atoms with Crippen molar-refractivity contribution in [3.8, 4) is 0 Å². The summed E-state index contributed by atoms with van der Waals surface area (Å²) in [6.45, 7) is 9.13. The molecule has 0 amide bonds. The van der Waals surface area contributed by atoms with E-state index >= 15 is 0 Å². The normalized spacial score (nSPS) is 35.0. The van der Waals surface area contributed by atoms with Gasteiger partial charge in [0.25, 0.3) is 0 Å². The number of piperidine rings is 1. The van der Waals surface area contributed by atoms with E-state index in [1.54, 1.807) is 0 Å². The van der Waals surface area contributed by atoms with E-state index in [4.69, 9.17) is 5.73 Å². The Kier molecular flexibility index (Phi) is 3.53. The Labute approximate surface area is 76.1 Å². The van der Waals surface area contributed by atoms with Crippen LogP contribution in [0, 0.1) is 5.92 Å². The maximum Gasteiger partial charge on any atom is 0.0194 e. The van der Waals surface area contributed by atoms with Crippen LogP contribution in [0.4, 0.5) is 0 Å². The molecule has 1 fully saturated rings. The summed E-state index contributed by atoms with van der Waals surface area (Å²) in [6.07, 6.45) is 2.51. The highest BCUT2D eigenvalue weighted by Crippen LogP contribution is 2.18. The molecule has 2 N–H and O–H groups in total. The van der Waals surface area contributed by atoms with Crippen molar-refractivity contribution in [3.05, 3.63) is 0 Å². The zero-order valence-electron chi connectivity index (χ0n) is 8.59. The lowest BCUT2D eigenvalue weighted by Crippen LogP contribution is -2.50. The Hall–Kier alpha value is -0.0800. The predicted molar refractivity (Wildman–Crippen MR) is 53.1 cm³/mol. The minimum absolute atomic E-state index is 0.396. The topological polar surface area (TPSA) is 29.3 Å². The van der Waals surface area contributed by atoms with Gasteiger partial charge in [-0.25, -0.2) is 0 Å². The molecule has 1 aliphatic heterocycles. The zero-order valence-corrected chi connectivity index (χ0v) is 8.59. The molecule has 0 aromatic carbocycles. The second-order valence-electron chi connectivity index (χ2n) is 4.18. The first-order valence-corrected chi connectivity index (χ1v) is 5.14. The average molecular weight is 170 g/mol. The molecule has 2 nitrogen and oxygen atoms in total. The molecule has 0 aliphatic carbocycles. The Bertz CT molecular complexity index is 136. The molecule has 0 bridgehead atoms. The summed E-state index contributed by atoms with van der Waals surface area (Å²) in [5.74, 6) is 0.713. The first kappa shape index (κ1) is 10.0. The summed E-state index contributed by atoms with van der Waals surface area (Å²) in [5, 5.41) is 0. The molecule has 0 aromatic rings. The molecule has 12 heavy (non-hydrogen) atoms. The van der Waals surface area contributed by atoms with E-state index in [-0.39, 0.29) is 0 Å². The van der Waals surface area contributed by atoms with Crippen molar-refractivity contribution in [1.82, 2.24) is 4.90 Å². The van der Waals surface area contributed by atoms with Crippen LogP contribution in [0.1, 0.15) is 33.6 Å². The second-order valence-corrected chi connectivity index (χ2v) is 4.18. The lowest BCUT2D eigenvalue weighted by atomic mass is 9.93. The van der Waals surface area contributed by atoms with Gasteiger partial charge in [0.1, 0.15) is 0 Å². The SMILES string of the molecule is CCC(C)N1CCC(C)C(N)C1. The summed E-state index contributed by atoms with van der Waals surface area (Å²) >= 11 is 0. The van der Waals surface area contributed by atoms with Crippen molar-refractivity contribution in [2.45, 2.75) is 45.7 Å². The third kappa shape index (κ3) is 2.20. The highest BCUT2D eigenvalue weighted by molar-refractivity contribution is 4.82. The number of nitrogens with two attached hydrogens (primary N) is 1. The van der Waals surface area contributed by atoms with Crippen molar-refractivity contribution in [2.75, 3.05) is 13.1 Å². The van der Waals surface area contributed by atoms with Crippen molar-refractivity contribution < 1.29 is 0 Å². The van der Waals surface area contributed by atoms with Crippen LogP contribution in [0.25, 0.3) is 0 Å². The van der Waals surface area contributed by atoms with Crippen molar-refractivity contribution >= 4 is 0 Å². The molecule has 0 aromatic heterocycles. The Morgan fingerprint density at radius 3 is 2.75 bits per heavy atom. The maximum absolute atomic E-state index is 6.02.